The largest absolute Gasteiger partial charge is 0.344 e. The van der Waals surface area contributed by atoms with Crippen molar-refractivity contribution in [2.75, 3.05) is 6.54 Å². The number of nitrogens with zero attached hydrogens (tertiary/aromatic N) is 4. The van der Waals surface area contributed by atoms with Gasteiger partial charge in [0.1, 0.15) is 0 Å². The summed E-state index contributed by atoms with van der Waals surface area (Å²) in [5.41, 5.74) is 1.52. The van der Waals surface area contributed by atoms with Crippen LogP contribution in [0, 0.1) is 6.92 Å². The molecule has 1 atom stereocenters. The smallest absolute Gasteiger partial charge is 0.229 e. The number of halogens is 1. The summed E-state index contributed by atoms with van der Waals surface area (Å²) < 4.78 is 10.1. The lowest BCUT2D eigenvalue weighted by atomic mass is 10.1. The van der Waals surface area contributed by atoms with E-state index in [1.54, 1.807) is 0 Å². The first-order valence-electron chi connectivity index (χ1n) is 7.82. The molecule has 7 nitrogen and oxygen atoms in total. The number of aromatic nitrogens is 3. The van der Waals surface area contributed by atoms with Gasteiger partial charge in [0.05, 0.1) is 11.7 Å². The van der Waals surface area contributed by atoms with Gasteiger partial charge >= 0.3 is 0 Å². The molecule has 8 heteroatoms. The van der Waals surface area contributed by atoms with Crippen LogP contribution in [-0.4, -0.2) is 32.6 Å². The Bertz CT molecular complexity index is 677. The van der Waals surface area contributed by atoms with E-state index in [0.717, 1.165) is 30.6 Å². The lowest BCUT2D eigenvalue weighted by molar-refractivity contribution is -0.132. The van der Waals surface area contributed by atoms with Crippen molar-refractivity contribution in [1.29, 1.82) is 0 Å². The number of rotatable bonds is 5. The van der Waals surface area contributed by atoms with Crippen LogP contribution >= 0.6 is 11.6 Å². The van der Waals surface area contributed by atoms with Crippen molar-refractivity contribution in [2.24, 2.45) is 0 Å². The number of carbonyl (C=O) groups excluding carboxylic acids is 1. The van der Waals surface area contributed by atoms with Crippen LogP contribution in [0.4, 0.5) is 0 Å². The van der Waals surface area contributed by atoms with Gasteiger partial charge in [-0.3, -0.25) is 4.79 Å². The molecule has 3 rings (SSSR count). The first-order chi connectivity index (χ1) is 11.1. The van der Waals surface area contributed by atoms with Crippen LogP contribution in [0.15, 0.2) is 9.05 Å². The predicted octanol–water partition coefficient (Wildman–Crippen LogP) is 2.88. The topological polar surface area (TPSA) is 85.3 Å². The van der Waals surface area contributed by atoms with E-state index in [-0.39, 0.29) is 17.2 Å². The number of hydrogen-bond acceptors (Lipinski definition) is 6. The number of likely N-dealkylation sites (tertiary alicyclic amines) is 1. The maximum Gasteiger partial charge on any atom is 0.229 e. The number of carbonyl (C=O) groups is 1. The fourth-order valence-electron chi connectivity index (χ4n) is 2.90. The van der Waals surface area contributed by atoms with Crippen LogP contribution in [0.25, 0.3) is 0 Å². The molecule has 1 aliphatic heterocycles. The molecule has 0 spiro atoms. The van der Waals surface area contributed by atoms with E-state index in [2.05, 4.69) is 15.3 Å². The summed E-state index contributed by atoms with van der Waals surface area (Å²) in [5, 5.41) is 8.08. The Labute approximate surface area is 139 Å². The normalized spacial score (nSPS) is 17.9. The molecule has 1 fully saturated rings. The summed E-state index contributed by atoms with van der Waals surface area (Å²) in [7, 11) is 0. The van der Waals surface area contributed by atoms with Gasteiger partial charge in [0.2, 0.25) is 17.0 Å². The van der Waals surface area contributed by atoms with Crippen LogP contribution in [0.2, 0.25) is 5.22 Å². The summed E-state index contributed by atoms with van der Waals surface area (Å²) in [6, 6.07) is -0.0920. The summed E-state index contributed by atoms with van der Waals surface area (Å²) in [6.45, 7) is 4.50. The lowest BCUT2D eigenvalue weighted by Gasteiger charge is -2.22. The Kier molecular flexibility index (Phi) is 4.66. The summed E-state index contributed by atoms with van der Waals surface area (Å²) >= 11 is 5.95. The molecule has 23 heavy (non-hydrogen) atoms. The molecule has 2 aromatic heterocycles. The van der Waals surface area contributed by atoms with Gasteiger partial charge in [-0.15, -0.1) is 0 Å². The lowest BCUT2D eigenvalue weighted by Crippen LogP contribution is -2.31. The van der Waals surface area contributed by atoms with Crippen molar-refractivity contribution in [3.8, 4) is 0 Å². The summed E-state index contributed by atoms with van der Waals surface area (Å²) in [5.74, 6) is 1.27. The van der Waals surface area contributed by atoms with E-state index in [1.165, 1.54) is 0 Å². The highest BCUT2D eigenvalue weighted by molar-refractivity contribution is 6.29. The Morgan fingerprint density at radius 2 is 2.22 bits per heavy atom. The molecule has 0 N–H and O–H groups in total. The first-order valence-corrected chi connectivity index (χ1v) is 8.20. The number of hydrogen-bond donors (Lipinski definition) is 0. The Balaban J connectivity index is 1.66. The standard InChI is InChI=1S/C15H19ClN4O3/c1-3-12-17-15(19-22-12)11-5-4-8-20(11)13(21)7-6-10-9(2)18-23-14(10)16/h11H,3-8H2,1-2H3/t11-/m1/s1. The minimum absolute atomic E-state index is 0.0621. The zero-order valence-corrected chi connectivity index (χ0v) is 14.0. The highest BCUT2D eigenvalue weighted by Gasteiger charge is 2.33. The van der Waals surface area contributed by atoms with Crippen molar-refractivity contribution in [3.05, 3.63) is 28.2 Å². The van der Waals surface area contributed by atoms with Gasteiger partial charge in [0.25, 0.3) is 0 Å². The minimum Gasteiger partial charge on any atom is -0.344 e. The predicted molar refractivity (Wildman–Crippen MR) is 81.9 cm³/mol. The second kappa shape index (κ2) is 6.70. The maximum absolute atomic E-state index is 12.6. The SMILES string of the molecule is CCc1nc([C@H]2CCCN2C(=O)CCc2c(C)noc2Cl)no1. The fourth-order valence-corrected chi connectivity index (χ4v) is 3.16. The molecular formula is C15H19ClN4O3. The number of aryl methyl sites for hydroxylation is 2. The Morgan fingerprint density at radius 1 is 1.39 bits per heavy atom. The molecule has 0 bridgehead atoms. The van der Waals surface area contributed by atoms with E-state index in [1.807, 2.05) is 18.7 Å². The zero-order chi connectivity index (χ0) is 16.4. The van der Waals surface area contributed by atoms with Gasteiger partial charge in [-0.2, -0.15) is 4.98 Å². The maximum atomic E-state index is 12.6. The Morgan fingerprint density at radius 3 is 2.87 bits per heavy atom. The van der Waals surface area contributed by atoms with E-state index < -0.39 is 0 Å². The monoisotopic (exact) mass is 338 g/mol. The third kappa shape index (κ3) is 3.24. The zero-order valence-electron chi connectivity index (χ0n) is 13.2. The van der Waals surface area contributed by atoms with Crippen molar-refractivity contribution >= 4 is 17.5 Å². The first kappa shape index (κ1) is 16.0. The summed E-state index contributed by atoms with van der Waals surface area (Å²) in [6.07, 6.45) is 3.37. The van der Waals surface area contributed by atoms with E-state index in [9.17, 15) is 4.79 Å². The van der Waals surface area contributed by atoms with Crippen molar-refractivity contribution < 1.29 is 13.8 Å². The Hall–Kier alpha value is -1.89. The molecule has 0 aliphatic carbocycles. The quantitative estimate of drug-likeness (QED) is 0.833. The molecule has 0 radical (unpaired) electrons. The molecule has 1 saturated heterocycles. The van der Waals surface area contributed by atoms with Crippen LogP contribution in [-0.2, 0) is 17.6 Å². The van der Waals surface area contributed by atoms with Crippen molar-refractivity contribution in [1.82, 2.24) is 20.2 Å². The van der Waals surface area contributed by atoms with Crippen LogP contribution < -0.4 is 0 Å². The fraction of sp³-hybridized carbons (Fsp3) is 0.600. The average Bonchev–Trinajstić information content (AvgIpc) is 3.25. The molecular weight excluding hydrogens is 320 g/mol. The molecule has 0 saturated carbocycles. The van der Waals surface area contributed by atoms with Gasteiger partial charge < -0.3 is 13.9 Å². The van der Waals surface area contributed by atoms with E-state index >= 15 is 0 Å². The molecule has 0 unspecified atom stereocenters. The van der Waals surface area contributed by atoms with Crippen LogP contribution in [0.3, 0.4) is 0 Å². The molecule has 124 valence electrons. The van der Waals surface area contributed by atoms with Gasteiger partial charge in [-0.25, -0.2) is 0 Å². The highest BCUT2D eigenvalue weighted by atomic mass is 35.5. The average molecular weight is 339 g/mol. The second-order valence-corrected chi connectivity index (χ2v) is 6.01. The minimum atomic E-state index is -0.0920. The van der Waals surface area contributed by atoms with Crippen molar-refractivity contribution in [2.45, 2.75) is 52.0 Å². The molecule has 1 aliphatic rings. The van der Waals surface area contributed by atoms with E-state index in [4.69, 9.17) is 20.6 Å². The van der Waals surface area contributed by atoms with E-state index in [0.29, 0.717) is 31.0 Å². The highest BCUT2D eigenvalue weighted by Crippen LogP contribution is 2.31. The third-order valence-electron chi connectivity index (χ3n) is 4.18. The van der Waals surface area contributed by atoms with Gasteiger partial charge in [-0.05, 0) is 37.8 Å². The van der Waals surface area contributed by atoms with Gasteiger partial charge in [0, 0.05) is 24.9 Å². The third-order valence-corrected chi connectivity index (χ3v) is 4.48. The second-order valence-electron chi connectivity index (χ2n) is 5.67. The molecule has 0 aromatic carbocycles. The number of amides is 1. The molecule has 3 heterocycles. The summed E-state index contributed by atoms with van der Waals surface area (Å²) in [4.78, 5) is 18.8. The van der Waals surface area contributed by atoms with Gasteiger partial charge in [0.15, 0.2) is 5.82 Å². The van der Waals surface area contributed by atoms with Crippen LogP contribution in [0.5, 0.6) is 0 Å². The van der Waals surface area contributed by atoms with Crippen molar-refractivity contribution in [3.63, 3.8) is 0 Å². The molecule has 2 aromatic rings. The van der Waals surface area contributed by atoms with Gasteiger partial charge in [-0.1, -0.05) is 17.2 Å². The van der Waals surface area contributed by atoms with Crippen LogP contribution in [0.1, 0.15) is 55.2 Å². The molecule has 1 amide bonds.